The second-order valence-corrected chi connectivity index (χ2v) is 9.84. The fourth-order valence-electron chi connectivity index (χ4n) is 4.96. The maximum absolute atomic E-state index is 13.1. The van der Waals surface area contributed by atoms with Crippen LogP contribution < -0.4 is 4.90 Å². The molecule has 41 heavy (non-hydrogen) atoms. The Labute approximate surface area is 236 Å². The summed E-state index contributed by atoms with van der Waals surface area (Å²) < 4.78 is 33.7. The van der Waals surface area contributed by atoms with Crippen LogP contribution in [0, 0.1) is 11.3 Å². The molecule has 0 bridgehead atoms. The zero-order valence-electron chi connectivity index (χ0n) is 23.1. The highest BCUT2D eigenvalue weighted by Crippen LogP contribution is 2.32. The third-order valence-electron chi connectivity index (χ3n) is 7.33. The van der Waals surface area contributed by atoms with Crippen molar-refractivity contribution in [3.63, 3.8) is 0 Å². The summed E-state index contributed by atoms with van der Waals surface area (Å²) in [5, 5.41) is 17.7. The Kier molecular flexibility index (Phi) is 8.11. The third kappa shape index (κ3) is 5.69. The number of nitrogens with zero attached hydrogens (tertiary/aromatic N) is 9. The number of urea groups is 1. The number of alkyl halides is 2. The molecule has 4 aromatic rings. The molecule has 5 heterocycles. The van der Waals surface area contributed by atoms with Crippen molar-refractivity contribution < 1.29 is 18.3 Å². The number of carbonyl (C=O) groups excluding carboxylic acids is 1. The number of hydrogen-bond acceptors (Lipinski definition) is 7. The SMILES string of the molecule is CCN(C[C@H](C)OC)C(=O)N1CCN(c2ccc(-c3cc(-c4cnn(C(F)F)c4)cn4ncc(C#N)c34)cn2)CC1. The number of aromatic nitrogens is 5. The lowest BCUT2D eigenvalue weighted by Gasteiger charge is -2.38. The second-order valence-electron chi connectivity index (χ2n) is 9.84. The summed E-state index contributed by atoms with van der Waals surface area (Å²) in [6.07, 6.45) is 7.50. The number of carbonyl (C=O) groups is 1. The Balaban J connectivity index is 1.35. The Morgan fingerprint density at radius 2 is 1.88 bits per heavy atom. The summed E-state index contributed by atoms with van der Waals surface area (Å²) in [4.78, 5) is 23.5. The minimum Gasteiger partial charge on any atom is -0.380 e. The predicted octanol–water partition coefficient (Wildman–Crippen LogP) is 4.13. The van der Waals surface area contributed by atoms with Crippen molar-refractivity contribution in [1.82, 2.24) is 34.2 Å². The van der Waals surface area contributed by atoms with Crippen LogP contribution >= 0.6 is 0 Å². The normalized spacial score (nSPS) is 14.5. The van der Waals surface area contributed by atoms with E-state index in [-0.39, 0.29) is 12.1 Å². The fraction of sp³-hybridized carbons (Fsp3) is 0.393. The molecule has 1 fully saturated rings. The minimum absolute atomic E-state index is 0.0106. The van der Waals surface area contributed by atoms with Gasteiger partial charge in [0.15, 0.2) is 0 Å². The van der Waals surface area contributed by atoms with Gasteiger partial charge in [0.25, 0.3) is 0 Å². The van der Waals surface area contributed by atoms with Crippen LogP contribution in [0.4, 0.5) is 19.4 Å². The van der Waals surface area contributed by atoms with E-state index in [2.05, 4.69) is 21.2 Å². The molecular weight excluding hydrogens is 532 g/mol. The summed E-state index contributed by atoms with van der Waals surface area (Å²) in [7, 11) is 1.64. The van der Waals surface area contributed by atoms with E-state index in [1.807, 2.05) is 36.9 Å². The highest BCUT2D eigenvalue weighted by Gasteiger charge is 2.26. The number of halogens is 2. The fourth-order valence-corrected chi connectivity index (χ4v) is 4.96. The van der Waals surface area contributed by atoms with Crippen LogP contribution in [0.5, 0.6) is 0 Å². The van der Waals surface area contributed by atoms with E-state index in [4.69, 9.17) is 9.72 Å². The van der Waals surface area contributed by atoms with Gasteiger partial charge in [-0.2, -0.15) is 24.2 Å². The first-order chi connectivity index (χ1) is 19.8. The number of ether oxygens (including phenoxy) is 1. The lowest BCUT2D eigenvalue weighted by molar-refractivity contribution is 0.0566. The van der Waals surface area contributed by atoms with Gasteiger partial charge in [-0.1, -0.05) is 0 Å². The molecule has 0 aliphatic carbocycles. The number of nitriles is 1. The standard InChI is InChI=1S/C28H31F2N9O2/c1-4-35(16-19(2)41-3)28(40)37-9-7-36(8-10-37)25-6-5-20(13-32-25)24-11-21(23-15-34-39(18-23)27(29)30)17-38-26(24)22(12-31)14-33-38/h5-6,11,13-15,17-19,27H,4,7-10,16H2,1-3H3/t19-/m0/s1. The highest BCUT2D eigenvalue weighted by atomic mass is 19.3. The Hall–Kier alpha value is -4.57. The second kappa shape index (κ2) is 11.9. The zero-order valence-corrected chi connectivity index (χ0v) is 23.1. The van der Waals surface area contributed by atoms with Crippen molar-refractivity contribution in [1.29, 1.82) is 5.26 Å². The number of pyridine rings is 2. The van der Waals surface area contributed by atoms with Crippen LogP contribution in [0.25, 0.3) is 27.8 Å². The first kappa shape index (κ1) is 28.0. The van der Waals surface area contributed by atoms with E-state index in [0.29, 0.717) is 71.7 Å². The average molecular weight is 564 g/mol. The van der Waals surface area contributed by atoms with Gasteiger partial charge in [-0.3, -0.25) is 0 Å². The first-order valence-electron chi connectivity index (χ1n) is 13.3. The van der Waals surface area contributed by atoms with E-state index >= 15 is 0 Å². The van der Waals surface area contributed by atoms with Gasteiger partial charge >= 0.3 is 12.6 Å². The zero-order chi connectivity index (χ0) is 29.1. The molecule has 13 heteroatoms. The minimum atomic E-state index is -2.75. The van der Waals surface area contributed by atoms with E-state index in [0.717, 1.165) is 11.4 Å². The maximum atomic E-state index is 13.1. The number of methoxy groups -OCH3 is 1. The van der Waals surface area contributed by atoms with Gasteiger partial charge < -0.3 is 19.4 Å². The van der Waals surface area contributed by atoms with Crippen molar-refractivity contribution in [3.05, 3.63) is 54.7 Å². The molecule has 0 saturated carbocycles. The van der Waals surface area contributed by atoms with Crippen LogP contribution in [-0.4, -0.2) is 92.7 Å². The van der Waals surface area contributed by atoms with Gasteiger partial charge in [0.1, 0.15) is 11.9 Å². The molecule has 0 spiro atoms. The van der Waals surface area contributed by atoms with Gasteiger partial charge in [-0.05, 0) is 32.0 Å². The third-order valence-corrected chi connectivity index (χ3v) is 7.33. The lowest BCUT2D eigenvalue weighted by Crippen LogP contribution is -2.54. The molecule has 5 rings (SSSR count). The monoisotopic (exact) mass is 563 g/mol. The van der Waals surface area contributed by atoms with Crippen LogP contribution in [-0.2, 0) is 4.74 Å². The summed E-state index contributed by atoms with van der Waals surface area (Å²) >= 11 is 0. The number of rotatable bonds is 8. The number of amides is 2. The smallest absolute Gasteiger partial charge is 0.333 e. The van der Waals surface area contributed by atoms with Crippen LogP contribution in [0.1, 0.15) is 26.0 Å². The summed E-state index contributed by atoms with van der Waals surface area (Å²) in [5.74, 6) is 0.778. The summed E-state index contributed by atoms with van der Waals surface area (Å²) in [6, 6.07) is 7.84. The Morgan fingerprint density at radius 3 is 2.49 bits per heavy atom. The molecule has 1 aliphatic heterocycles. The molecule has 0 unspecified atom stereocenters. The molecule has 0 N–H and O–H groups in total. The van der Waals surface area contributed by atoms with Crippen molar-refractivity contribution in [2.75, 3.05) is 51.3 Å². The molecule has 0 radical (unpaired) electrons. The first-order valence-corrected chi connectivity index (χ1v) is 13.3. The van der Waals surface area contributed by atoms with Crippen molar-refractivity contribution in [2.24, 2.45) is 0 Å². The quantitative estimate of drug-likeness (QED) is 0.317. The molecule has 1 aliphatic rings. The lowest BCUT2D eigenvalue weighted by atomic mass is 10.0. The number of piperazine rings is 1. The van der Waals surface area contributed by atoms with Crippen LogP contribution in [0.2, 0.25) is 0 Å². The largest absolute Gasteiger partial charge is 0.380 e. The Morgan fingerprint density at radius 1 is 1.10 bits per heavy atom. The summed E-state index contributed by atoms with van der Waals surface area (Å²) in [5.41, 5.74) is 3.55. The van der Waals surface area contributed by atoms with Crippen molar-refractivity contribution in [2.45, 2.75) is 26.5 Å². The molecule has 0 aromatic carbocycles. The molecular formula is C28H31F2N9O2. The molecule has 214 valence electrons. The highest BCUT2D eigenvalue weighted by molar-refractivity contribution is 5.87. The maximum Gasteiger partial charge on any atom is 0.333 e. The van der Waals surface area contributed by atoms with Gasteiger partial charge in [0.2, 0.25) is 0 Å². The topological polar surface area (TPSA) is 108 Å². The molecule has 1 atom stereocenters. The predicted molar refractivity (Wildman–Crippen MR) is 149 cm³/mol. The van der Waals surface area contributed by atoms with Crippen LogP contribution in [0.3, 0.4) is 0 Å². The van der Waals surface area contributed by atoms with Gasteiger partial charge in [-0.15, -0.1) is 0 Å². The Bertz CT molecular complexity index is 1550. The number of likely N-dealkylation sites (N-methyl/N-ethyl adjacent to an activating group) is 1. The number of fused-ring (bicyclic) bond motifs is 1. The number of hydrogen-bond donors (Lipinski definition) is 0. The molecule has 11 nitrogen and oxygen atoms in total. The van der Waals surface area contributed by atoms with Crippen molar-refractivity contribution in [3.8, 4) is 28.3 Å². The van der Waals surface area contributed by atoms with Gasteiger partial charge in [0.05, 0.1) is 29.6 Å². The van der Waals surface area contributed by atoms with E-state index < -0.39 is 6.55 Å². The molecule has 4 aromatic heterocycles. The van der Waals surface area contributed by atoms with E-state index in [9.17, 15) is 18.8 Å². The summed E-state index contributed by atoms with van der Waals surface area (Å²) in [6.45, 7) is 4.77. The van der Waals surface area contributed by atoms with Crippen LogP contribution in [0.15, 0.2) is 49.2 Å². The van der Waals surface area contributed by atoms with Gasteiger partial charge in [0, 0.05) is 87.2 Å². The van der Waals surface area contributed by atoms with Gasteiger partial charge in [-0.25, -0.2) is 19.0 Å². The van der Waals surface area contributed by atoms with E-state index in [1.165, 1.54) is 18.6 Å². The molecule has 1 saturated heterocycles. The van der Waals surface area contributed by atoms with E-state index in [1.54, 1.807) is 28.9 Å². The molecule has 2 amide bonds. The number of anilines is 1. The van der Waals surface area contributed by atoms with Crippen molar-refractivity contribution >= 4 is 17.4 Å². The average Bonchev–Trinajstić information content (AvgIpc) is 3.67.